The topological polar surface area (TPSA) is 28.2 Å². The van der Waals surface area contributed by atoms with Gasteiger partial charge >= 0.3 is 0 Å². The third-order valence-corrected chi connectivity index (χ3v) is 4.50. The first kappa shape index (κ1) is 14.0. The van der Waals surface area contributed by atoms with Crippen LogP contribution >= 0.6 is 15.9 Å². The number of rotatable bonds is 4. The van der Waals surface area contributed by atoms with Crippen LogP contribution in [0, 0.1) is 5.92 Å². The molecule has 1 aliphatic heterocycles. The average Bonchev–Trinajstić information content (AvgIpc) is 2.42. The van der Waals surface area contributed by atoms with Crippen molar-refractivity contribution in [3.05, 3.63) is 28.5 Å². The first-order chi connectivity index (χ1) is 8.74. The zero-order valence-electron chi connectivity index (χ0n) is 11.2. The van der Waals surface area contributed by atoms with E-state index in [0.29, 0.717) is 12.0 Å². The van der Waals surface area contributed by atoms with E-state index in [1.54, 1.807) is 0 Å². The van der Waals surface area contributed by atoms with Crippen LogP contribution in [-0.2, 0) is 0 Å². The fourth-order valence-electron chi connectivity index (χ4n) is 2.67. The lowest BCUT2D eigenvalue weighted by Crippen LogP contribution is -2.46. The van der Waals surface area contributed by atoms with Crippen LogP contribution < -0.4 is 5.32 Å². The van der Waals surface area contributed by atoms with Gasteiger partial charge in [0.25, 0.3) is 0 Å². The third kappa shape index (κ3) is 3.11. The third-order valence-electron chi connectivity index (χ3n) is 3.83. The molecule has 1 N–H and O–H groups in total. The molecule has 0 aromatic carbocycles. The minimum atomic E-state index is 0.472. The maximum absolute atomic E-state index is 4.39. The van der Waals surface area contributed by atoms with E-state index in [4.69, 9.17) is 0 Å². The molecule has 2 atom stereocenters. The molecule has 1 saturated heterocycles. The Balaban J connectivity index is 2.27. The molecule has 1 aromatic heterocycles. The van der Waals surface area contributed by atoms with Crippen molar-refractivity contribution in [3.63, 3.8) is 0 Å². The minimum absolute atomic E-state index is 0.472. The van der Waals surface area contributed by atoms with E-state index in [2.05, 4.69) is 51.0 Å². The molecule has 0 amide bonds. The SMILES string of the molecule is CCC(C)[C@@H](c1cccnc1Br)N1CCNCC1. The summed E-state index contributed by atoms with van der Waals surface area (Å²) in [6.07, 6.45) is 3.04. The maximum atomic E-state index is 4.39. The van der Waals surface area contributed by atoms with E-state index in [9.17, 15) is 0 Å². The molecule has 0 bridgehead atoms. The van der Waals surface area contributed by atoms with Crippen LogP contribution in [0.1, 0.15) is 31.9 Å². The van der Waals surface area contributed by atoms with Gasteiger partial charge in [-0.15, -0.1) is 0 Å². The summed E-state index contributed by atoms with van der Waals surface area (Å²) in [4.78, 5) is 6.98. The first-order valence-electron chi connectivity index (χ1n) is 6.79. The highest BCUT2D eigenvalue weighted by Gasteiger charge is 2.27. The monoisotopic (exact) mass is 311 g/mol. The van der Waals surface area contributed by atoms with Crippen molar-refractivity contribution in [3.8, 4) is 0 Å². The standard InChI is InChI=1S/C14H22BrN3/c1-3-11(2)13(18-9-7-16-8-10-18)12-5-4-6-17-14(12)15/h4-6,11,13,16H,3,7-10H2,1-2H3/t11?,13-/m0/s1. The fourth-order valence-corrected chi connectivity index (χ4v) is 3.15. The highest BCUT2D eigenvalue weighted by Crippen LogP contribution is 2.34. The van der Waals surface area contributed by atoms with E-state index < -0.39 is 0 Å². The normalized spacial score (nSPS) is 20.6. The molecule has 1 aliphatic rings. The number of halogens is 1. The summed E-state index contributed by atoms with van der Waals surface area (Å²) in [6.45, 7) is 9.03. The molecule has 1 aromatic rings. The van der Waals surface area contributed by atoms with Crippen molar-refractivity contribution in [2.24, 2.45) is 5.92 Å². The molecular weight excluding hydrogens is 290 g/mol. The summed E-state index contributed by atoms with van der Waals surface area (Å²) in [5, 5.41) is 3.42. The summed E-state index contributed by atoms with van der Waals surface area (Å²) < 4.78 is 0.994. The molecule has 1 unspecified atom stereocenters. The van der Waals surface area contributed by atoms with Crippen molar-refractivity contribution in [1.82, 2.24) is 15.2 Å². The van der Waals surface area contributed by atoms with Gasteiger partial charge < -0.3 is 5.32 Å². The van der Waals surface area contributed by atoms with Gasteiger partial charge in [0.05, 0.1) is 0 Å². The van der Waals surface area contributed by atoms with Gasteiger partial charge in [-0.25, -0.2) is 4.98 Å². The summed E-state index contributed by atoms with van der Waals surface area (Å²) in [5.41, 5.74) is 1.33. The van der Waals surface area contributed by atoms with E-state index in [1.165, 1.54) is 12.0 Å². The molecule has 3 nitrogen and oxygen atoms in total. The van der Waals surface area contributed by atoms with Gasteiger partial charge in [0.1, 0.15) is 4.60 Å². The largest absolute Gasteiger partial charge is 0.314 e. The Morgan fingerprint density at radius 2 is 2.17 bits per heavy atom. The number of hydrogen-bond acceptors (Lipinski definition) is 3. The molecule has 2 heterocycles. The molecule has 0 saturated carbocycles. The lowest BCUT2D eigenvalue weighted by molar-refractivity contribution is 0.127. The molecule has 2 rings (SSSR count). The van der Waals surface area contributed by atoms with Crippen molar-refractivity contribution in [1.29, 1.82) is 0 Å². The molecule has 0 radical (unpaired) electrons. The number of nitrogens with one attached hydrogen (secondary N) is 1. The van der Waals surface area contributed by atoms with Crippen LogP contribution in [0.15, 0.2) is 22.9 Å². The zero-order chi connectivity index (χ0) is 13.0. The predicted molar refractivity (Wildman–Crippen MR) is 78.6 cm³/mol. The maximum Gasteiger partial charge on any atom is 0.110 e. The highest BCUT2D eigenvalue weighted by atomic mass is 79.9. The van der Waals surface area contributed by atoms with Gasteiger partial charge in [0.15, 0.2) is 0 Å². The lowest BCUT2D eigenvalue weighted by Gasteiger charge is -2.38. The summed E-state index contributed by atoms with van der Waals surface area (Å²) >= 11 is 3.61. The molecule has 1 fully saturated rings. The Labute approximate surface area is 118 Å². The van der Waals surface area contributed by atoms with Gasteiger partial charge in [-0.05, 0) is 27.9 Å². The van der Waals surface area contributed by atoms with E-state index in [-0.39, 0.29) is 0 Å². The Bertz CT molecular complexity index is 377. The smallest absolute Gasteiger partial charge is 0.110 e. The van der Waals surface area contributed by atoms with Crippen LogP contribution in [0.2, 0.25) is 0 Å². The van der Waals surface area contributed by atoms with Gasteiger partial charge in [-0.2, -0.15) is 0 Å². The number of pyridine rings is 1. The lowest BCUT2D eigenvalue weighted by atomic mass is 9.91. The van der Waals surface area contributed by atoms with Crippen molar-refractivity contribution >= 4 is 15.9 Å². The van der Waals surface area contributed by atoms with Gasteiger partial charge in [0.2, 0.25) is 0 Å². The number of piperazine rings is 1. The van der Waals surface area contributed by atoms with Crippen molar-refractivity contribution in [2.45, 2.75) is 26.3 Å². The Morgan fingerprint density at radius 1 is 1.44 bits per heavy atom. The van der Waals surface area contributed by atoms with E-state index in [1.807, 2.05) is 12.3 Å². The molecular formula is C14H22BrN3. The molecule has 0 aliphatic carbocycles. The highest BCUT2D eigenvalue weighted by molar-refractivity contribution is 9.10. The van der Waals surface area contributed by atoms with E-state index in [0.717, 1.165) is 30.8 Å². The molecule has 18 heavy (non-hydrogen) atoms. The second kappa shape index (κ2) is 6.64. The Kier molecular flexibility index (Phi) is 5.15. The zero-order valence-corrected chi connectivity index (χ0v) is 12.8. The molecule has 4 heteroatoms. The number of aromatic nitrogens is 1. The Hall–Kier alpha value is -0.450. The molecule has 0 spiro atoms. The van der Waals surface area contributed by atoms with Crippen LogP contribution in [0.4, 0.5) is 0 Å². The second-order valence-corrected chi connectivity index (χ2v) is 5.75. The molecule has 100 valence electrons. The fraction of sp³-hybridized carbons (Fsp3) is 0.643. The van der Waals surface area contributed by atoms with Crippen LogP contribution in [0.25, 0.3) is 0 Å². The minimum Gasteiger partial charge on any atom is -0.314 e. The van der Waals surface area contributed by atoms with Gasteiger partial charge in [0, 0.05) is 44.0 Å². The van der Waals surface area contributed by atoms with Gasteiger partial charge in [-0.1, -0.05) is 26.3 Å². The number of hydrogen-bond donors (Lipinski definition) is 1. The van der Waals surface area contributed by atoms with Crippen LogP contribution in [-0.4, -0.2) is 36.1 Å². The summed E-state index contributed by atoms with van der Waals surface area (Å²) in [7, 11) is 0. The second-order valence-electron chi connectivity index (χ2n) is 5.00. The van der Waals surface area contributed by atoms with Gasteiger partial charge in [-0.3, -0.25) is 4.90 Å². The Morgan fingerprint density at radius 3 is 2.78 bits per heavy atom. The van der Waals surface area contributed by atoms with Crippen LogP contribution in [0.5, 0.6) is 0 Å². The van der Waals surface area contributed by atoms with Crippen molar-refractivity contribution in [2.75, 3.05) is 26.2 Å². The van der Waals surface area contributed by atoms with E-state index >= 15 is 0 Å². The summed E-state index contributed by atoms with van der Waals surface area (Å²) in [6, 6.07) is 4.72. The average molecular weight is 312 g/mol. The summed E-state index contributed by atoms with van der Waals surface area (Å²) in [5.74, 6) is 0.642. The van der Waals surface area contributed by atoms with Crippen LogP contribution in [0.3, 0.4) is 0 Å². The quantitative estimate of drug-likeness (QED) is 0.867. The number of nitrogens with zero attached hydrogens (tertiary/aromatic N) is 2. The first-order valence-corrected chi connectivity index (χ1v) is 7.58. The van der Waals surface area contributed by atoms with Crippen molar-refractivity contribution < 1.29 is 0 Å². The predicted octanol–water partition coefficient (Wildman–Crippen LogP) is 2.84.